The minimum atomic E-state index is -0.965. The smallest absolute Gasteiger partial charge is 0.339 e. The highest BCUT2D eigenvalue weighted by atomic mass is 16.5. The summed E-state index contributed by atoms with van der Waals surface area (Å²) in [5, 5.41) is 21.2. The Morgan fingerprint density at radius 1 is 0.949 bits per heavy atom. The van der Waals surface area contributed by atoms with Crippen molar-refractivity contribution in [3.8, 4) is 5.75 Å². The van der Waals surface area contributed by atoms with Crippen molar-refractivity contribution in [1.82, 2.24) is 0 Å². The fourth-order valence-corrected chi connectivity index (χ4v) is 10.1. The molecule has 0 heterocycles. The van der Waals surface area contributed by atoms with Crippen LogP contribution in [-0.4, -0.2) is 34.2 Å². The van der Waals surface area contributed by atoms with Crippen LogP contribution in [0.25, 0.3) is 0 Å². The van der Waals surface area contributed by atoms with Crippen LogP contribution in [0.15, 0.2) is 24.3 Å². The molecule has 0 aliphatic heterocycles. The molecule has 0 unspecified atom stereocenters. The van der Waals surface area contributed by atoms with Gasteiger partial charge in [0, 0.05) is 12.3 Å². The molecule has 5 nitrogen and oxygen atoms in total. The van der Waals surface area contributed by atoms with Crippen molar-refractivity contribution in [2.45, 2.75) is 111 Å². The van der Waals surface area contributed by atoms with E-state index in [1.165, 1.54) is 25.7 Å². The molecule has 1 aromatic rings. The van der Waals surface area contributed by atoms with E-state index >= 15 is 0 Å². The van der Waals surface area contributed by atoms with Gasteiger partial charge in [-0.15, -0.1) is 0 Å². The van der Waals surface area contributed by atoms with E-state index in [0.717, 1.165) is 32.1 Å². The van der Waals surface area contributed by atoms with Gasteiger partial charge in [-0.3, -0.25) is 4.79 Å². The summed E-state index contributed by atoms with van der Waals surface area (Å²) in [4.78, 5) is 24.0. The van der Waals surface area contributed by atoms with Crippen LogP contribution >= 0.6 is 0 Å². The summed E-state index contributed by atoms with van der Waals surface area (Å²) < 4.78 is 6.29. The van der Waals surface area contributed by atoms with E-state index in [9.17, 15) is 19.8 Å². The number of carboxylic acids is 1. The molecular weight excluding hydrogens is 488 g/mol. The summed E-state index contributed by atoms with van der Waals surface area (Å²) in [7, 11) is 0. The second kappa shape index (κ2) is 10.8. The zero-order valence-corrected chi connectivity index (χ0v) is 24.7. The maximum absolute atomic E-state index is 12.3. The fraction of sp³-hybridized carbons (Fsp3) is 0.765. The molecule has 10 atom stereocenters. The van der Waals surface area contributed by atoms with E-state index in [4.69, 9.17) is 4.74 Å². The first-order valence-corrected chi connectivity index (χ1v) is 15.7. The summed E-state index contributed by atoms with van der Waals surface area (Å²) in [6, 6.07) is 6.91. The lowest BCUT2D eigenvalue weighted by Crippen LogP contribution is -2.58. The van der Waals surface area contributed by atoms with Crippen LogP contribution in [0.2, 0.25) is 0 Å². The molecule has 2 N–H and O–H groups in total. The molecule has 4 aliphatic carbocycles. The van der Waals surface area contributed by atoms with Gasteiger partial charge in [0.15, 0.2) is 0 Å². The van der Waals surface area contributed by atoms with Gasteiger partial charge in [0.1, 0.15) is 17.1 Å². The molecule has 0 aromatic heterocycles. The van der Waals surface area contributed by atoms with Crippen LogP contribution in [0, 0.1) is 52.3 Å². The first-order valence-electron chi connectivity index (χ1n) is 15.7. The highest BCUT2D eigenvalue weighted by molar-refractivity contribution is 5.90. The number of benzene rings is 1. The van der Waals surface area contributed by atoms with E-state index in [-0.39, 0.29) is 35.0 Å². The Balaban J connectivity index is 1.28. The number of carbonyl (C=O) groups is 2. The number of para-hydroxylation sites is 1. The molecule has 0 bridgehead atoms. The number of aliphatic hydroxyl groups is 1. The number of carbonyl (C=O) groups excluding carboxylic acids is 1. The van der Waals surface area contributed by atoms with Gasteiger partial charge in [0.25, 0.3) is 0 Å². The fourth-order valence-electron chi connectivity index (χ4n) is 10.1. The van der Waals surface area contributed by atoms with E-state index < -0.39 is 5.97 Å². The average molecular weight is 539 g/mol. The molecule has 0 radical (unpaired) electrons. The van der Waals surface area contributed by atoms with Crippen molar-refractivity contribution in [2.24, 2.45) is 52.3 Å². The first kappa shape index (κ1) is 28.6. The number of aromatic carboxylic acids is 1. The third kappa shape index (κ3) is 5.06. The summed E-state index contributed by atoms with van der Waals surface area (Å²) in [5.41, 5.74) is 0.620. The van der Waals surface area contributed by atoms with Crippen molar-refractivity contribution in [1.29, 1.82) is 0 Å². The number of aliphatic hydroxyl groups excluding tert-OH is 1. The van der Waals surface area contributed by atoms with Gasteiger partial charge in [-0.2, -0.15) is 0 Å². The Labute approximate surface area is 235 Å². The predicted octanol–water partition coefficient (Wildman–Crippen LogP) is 7.40. The monoisotopic (exact) mass is 538 g/mol. The van der Waals surface area contributed by atoms with Gasteiger partial charge in [-0.25, -0.2) is 4.79 Å². The SMILES string of the molecule is CC(C)C(=O)CC[C@@H](C)[C@H]1CC[C@H]2[C@@H]3C[C@H](O)[C@@H]4C[C@H](Oc5ccccc5C(=O)O)CC[C@]4(C)[C@H]3CC[C@]12C. The van der Waals surface area contributed by atoms with Gasteiger partial charge in [0.05, 0.1) is 12.2 Å². The summed E-state index contributed by atoms with van der Waals surface area (Å²) in [5.74, 6) is 3.29. The number of ether oxygens (including phenoxy) is 1. The van der Waals surface area contributed by atoms with E-state index in [2.05, 4.69) is 20.8 Å². The number of ketones is 1. The lowest BCUT2D eigenvalue weighted by molar-refractivity contribution is -0.170. The molecule has 39 heavy (non-hydrogen) atoms. The Kier molecular flexibility index (Phi) is 7.96. The van der Waals surface area contributed by atoms with Crippen molar-refractivity contribution in [2.75, 3.05) is 0 Å². The minimum Gasteiger partial charge on any atom is -0.490 e. The maximum atomic E-state index is 12.3. The molecule has 4 aliphatic rings. The zero-order chi connectivity index (χ0) is 28.1. The molecule has 5 rings (SSSR count). The second-order valence-electron chi connectivity index (χ2n) is 14.5. The second-order valence-corrected chi connectivity index (χ2v) is 14.5. The zero-order valence-electron chi connectivity index (χ0n) is 24.7. The molecule has 1 aromatic carbocycles. The van der Waals surface area contributed by atoms with E-state index in [1.54, 1.807) is 18.2 Å². The molecule has 216 valence electrons. The highest BCUT2D eigenvalue weighted by Crippen LogP contribution is 2.68. The third-order valence-corrected chi connectivity index (χ3v) is 12.3. The normalized spacial score (nSPS) is 40.3. The van der Waals surface area contributed by atoms with Crippen molar-refractivity contribution in [3.05, 3.63) is 29.8 Å². The summed E-state index contributed by atoms with van der Waals surface area (Å²) >= 11 is 0. The average Bonchev–Trinajstić information content (AvgIpc) is 3.25. The van der Waals surface area contributed by atoms with Crippen LogP contribution < -0.4 is 4.74 Å². The molecule has 4 saturated carbocycles. The lowest BCUT2D eigenvalue weighted by atomic mass is 9.43. The molecule has 0 amide bonds. The largest absolute Gasteiger partial charge is 0.490 e. The van der Waals surface area contributed by atoms with Gasteiger partial charge >= 0.3 is 5.97 Å². The van der Waals surface area contributed by atoms with Crippen LogP contribution in [0.5, 0.6) is 5.75 Å². The Bertz CT molecular complexity index is 1070. The van der Waals surface area contributed by atoms with Crippen molar-refractivity contribution >= 4 is 11.8 Å². The maximum Gasteiger partial charge on any atom is 0.339 e. The summed E-state index contributed by atoms with van der Waals surface area (Å²) in [6.45, 7) is 11.4. The number of hydrogen-bond donors (Lipinski definition) is 2. The van der Waals surface area contributed by atoms with E-state index in [0.29, 0.717) is 53.0 Å². The molecule has 0 saturated heterocycles. The Morgan fingerprint density at radius 2 is 1.64 bits per heavy atom. The number of Topliss-reactive ketones (excluding diaryl/α,β-unsaturated/α-hetero) is 1. The molecule has 0 spiro atoms. The predicted molar refractivity (Wildman–Crippen MR) is 153 cm³/mol. The first-order chi connectivity index (χ1) is 18.5. The number of hydrogen-bond acceptors (Lipinski definition) is 4. The Hall–Kier alpha value is -1.88. The highest BCUT2D eigenvalue weighted by Gasteiger charge is 2.62. The molecular formula is C34H50O5. The van der Waals surface area contributed by atoms with E-state index in [1.807, 2.05) is 19.9 Å². The molecule has 5 heteroatoms. The van der Waals surface area contributed by atoms with Crippen LogP contribution in [-0.2, 0) is 4.79 Å². The van der Waals surface area contributed by atoms with Gasteiger partial charge in [0.2, 0.25) is 0 Å². The van der Waals surface area contributed by atoms with Gasteiger partial charge < -0.3 is 14.9 Å². The quantitative estimate of drug-likeness (QED) is 0.360. The summed E-state index contributed by atoms with van der Waals surface area (Å²) in [6.07, 6.45) is 9.94. The molecule has 4 fully saturated rings. The van der Waals surface area contributed by atoms with Crippen LogP contribution in [0.1, 0.15) is 109 Å². The number of fused-ring (bicyclic) bond motifs is 5. The topological polar surface area (TPSA) is 83.8 Å². The van der Waals surface area contributed by atoms with Crippen molar-refractivity contribution < 1.29 is 24.5 Å². The van der Waals surface area contributed by atoms with Gasteiger partial charge in [-0.05, 0) is 116 Å². The number of carboxylic acid groups (broad SMARTS) is 1. The standard InChI is InChI=1S/C34H50O5/c1-20(2)29(35)13-10-21(3)25-11-12-26-24-19-30(36)28-18-22(39-31-9-7-6-8-23(31)32(37)38)14-16-34(28,5)27(24)15-17-33(25,26)4/h6-9,20-22,24-28,30,36H,10-19H2,1-5H3,(H,37,38)/t21-,22-,24+,25-,26+,27+,28+,30+,33-,34-/m1/s1. The Morgan fingerprint density at radius 3 is 2.36 bits per heavy atom. The minimum absolute atomic E-state index is 0.0612. The van der Waals surface area contributed by atoms with Gasteiger partial charge in [-0.1, -0.05) is 46.8 Å². The number of rotatable bonds is 8. The third-order valence-electron chi connectivity index (χ3n) is 12.3. The van der Waals surface area contributed by atoms with Crippen LogP contribution in [0.3, 0.4) is 0 Å². The lowest BCUT2D eigenvalue weighted by Gasteiger charge is -2.62. The van der Waals surface area contributed by atoms with Crippen LogP contribution in [0.4, 0.5) is 0 Å². The van der Waals surface area contributed by atoms with Crippen molar-refractivity contribution in [3.63, 3.8) is 0 Å².